The minimum atomic E-state index is 0.594. The number of nitrogens with one attached hydrogen (secondary N) is 2. The van der Waals surface area contributed by atoms with Crippen LogP contribution in [0.25, 0.3) is 0 Å². The Morgan fingerprint density at radius 3 is 2.35 bits per heavy atom. The Morgan fingerprint density at radius 1 is 1.00 bits per heavy atom. The van der Waals surface area contributed by atoms with Gasteiger partial charge in [-0.3, -0.25) is 9.89 Å². The molecule has 7 nitrogen and oxygen atoms in total. The second kappa shape index (κ2) is 11.5. The van der Waals surface area contributed by atoms with E-state index < -0.39 is 0 Å². The monoisotopic (exact) mass is 426 g/mol. The van der Waals surface area contributed by atoms with Crippen molar-refractivity contribution in [2.24, 2.45) is 4.99 Å². The SMILES string of the molecule is CN=C(NCCCN1CCc2ccccc2C1)NCc1cc(OC)c(OC)c(OC)c1. The zero-order valence-electron chi connectivity index (χ0n) is 19.0. The molecule has 0 amide bonds. The van der Waals surface area contributed by atoms with Gasteiger partial charge in [-0.1, -0.05) is 24.3 Å². The van der Waals surface area contributed by atoms with Crippen LogP contribution >= 0.6 is 0 Å². The summed E-state index contributed by atoms with van der Waals surface area (Å²) in [6.45, 7) is 4.72. The van der Waals surface area contributed by atoms with Crippen molar-refractivity contribution in [3.63, 3.8) is 0 Å². The van der Waals surface area contributed by atoms with E-state index in [4.69, 9.17) is 14.2 Å². The Hall–Kier alpha value is -2.93. The van der Waals surface area contributed by atoms with Gasteiger partial charge in [0.25, 0.3) is 0 Å². The summed E-state index contributed by atoms with van der Waals surface area (Å²) >= 11 is 0. The van der Waals surface area contributed by atoms with E-state index in [2.05, 4.69) is 44.8 Å². The van der Waals surface area contributed by atoms with Crippen molar-refractivity contribution >= 4 is 5.96 Å². The van der Waals surface area contributed by atoms with Gasteiger partial charge in [-0.05, 0) is 41.7 Å². The molecule has 0 aromatic heterocycles. The normalized spacial score (nSPS) is 14.0. The summed E-state index contributed by atoms with van der Waals surface area (Å²) in [7, 11) is 6.63. The van der Waals surface area contributed by atoms with Gasteiger partial charge in [0.1, 0.15) is 0 Å². The Balaban J connectivity index is 1.44. The number of guanidine groups is 1. The molecule has 0 bridgehead atoms. The highest BCUT2D eigenvalue weighted by Gasteiger charge is 2.15. The molecule has 0 radical (unpaired) electrons. The summed E-state index contributed by atoms with van der Waals surface area (Å²) in [6, 6.07) is 12.6. The van der Waals surface area contributed by atoms with Crippen LogP contribution in [0.2, 0.25) is 0 Å². The molecule has 2 N–H and O–H groups in total. The average Bonchev–Trinajstić information content (AvgIpc) is 2.82. The van der Waals surface area contributed by atoms with Crippen LogP contribution in [-0.2, 0) is 19.5 Å². The predicted molar refractivity (Wildman–Crippen MR) is 124 cm³/mol. The van der Waals surface area contributed by atoms with Crippen LogP contribution in [0.5, 0.6) is 17.2 Å². The first kappa shape index (κ1) is 22.7. The summed E-state index contributed by atoms with van der Waals surface area (Å²) in [4.78, 5) is 6.85. The number of ether oxygens (including phenoxy) is 3. The molecular formula is C24H34N4O3. The highest BCUT2D eigenvalue weighted by Crippen LogP contribution is 2.38. The van der Waals surface area contributed by atoms with Gasteiger partial charge in [0.05, 0.1) is 21.3 Å². The topological polar surface area (TPSA) is 67.4 Å². The summed E-state index contributed by atoms with van der Waals surface area (Å²) in [6.07, 6.45) is 2.20. The molecule has 0 unspecified atom stereocenters. The number of nitrogens with zero attached hydrogens (tertiary/aromatic N) is 2. The summed E-state index contributed by atoms with van der Waals surface area (Å²) in [5.74, 6) is 2.66. The lowest BCUT2D eigenvalue weighted by atomic mass is 10.00. The minimum absolute atomic E-state index is 0.594. The van der Waals surface area contributed by atoms with Gasteiger partial charge >= 0.3 is 0 Å². The van der Waals surface area contributed by atoms with Gasteiger partial charge in [-0.15, -0.1) is 0 Å². The lowest BCUT2D eigenvalue weighted by Gasteiger charge is -2.28. The number of fused-ring (bicyclic) bond motifs is 1. The standard InChI is InChI=1S/C24H34N4O3/c1-25-24(27-16-18-14-21(29-2)23(31-4)22(15-18)30-3)26-11-7-12-28-13-10-19-8-5-6-9-20(19)17-28/h5-6,8-9,14-15H,7,10-13,16-17H2,1-4H3,(H2,25,26,27). The Morgan fingerprint density at radius 2 is 1.71 bits per heavy atom. The molecule has 31 heavy (non-hydrogen) atoms. The second-order valence-electron chi connectivity index (χ2n) is 7.53. The van der Waals surface area contributed by atoms with Crippen molar-refractivity contribution in [2.75, 3.05) is 48.0 Å². The number of rotatable bonds is 9. The maximum Gasteiger partial charge on any atom is 0.203 e. The van der Waals surface area contributed by atoms with E-state index in [1.165, 1.54) is 11.1 Å². The van der Waals surface area contributed by atoms with Gasteiger partial charge in [0.2, 0.25) is 5.75 Å². The van der Waals surface area contributed by atoms with E-state index in [0.717, 1.165) is 50.5 Å². The highest BCUT2D eigenvalue weighted by atomic mass is 16.5. The number of aliphatic imine (C=N–C) groups is 1. The van der Waals surface area contributed by atoms with Gasteiger partial charge < -0.3 is 24.8 Å². The van der Waals surface area contributed by atoms with Crippen molar-refractivity contribution in [3.05, 3.63) is 53.1 Å². The Kier molecular flexibility index (Phi) is 8.41. The average molecular weight is 427 g/mol. The Bertz CT molecular complexity index is 860. The molecule has 1 aliphatic rings. The molecule has 0 spiro atoms. The zero-order valence-corrected chi connectivity index (χ0v) is 19.0. The van der Waals surface area contributed by atoms with Crippen LogP contribution in [0.1, 0.15) is 23.1 Å². The van der Waals surface area contributed by atoms with Gasteiger partial charge in [0, 0.05) is 39.8 Å². The smallest absolute Gasteiger partial charge is 0.203 e. The van der Waals surface area contributed by atoms with Gasteiger partial charge in [0.15, 0.2) is 17.5 Å². The van der Waals surface area contributed by atoms with Crippen LogP contribution in [0, 0.1) is 0 Å². The maximum absolute atomic E-state index is 5.43. The summed E-state index contributed by atoms with van der Waals surface area (Å²) < 4.78 is 16.2. The number of hydrogen-bond donors (Lipinski definition) is 2. The first-order valence-electron chi connectivity index (χ1n) is 10.7. The molecule has 0 atom stereocenters. The molecule has 7 heteroatoms. The number of hydrogen-bond acceptors (Lipinski definition) is 5. The first-order valence-corrected chi connectivity index (χ1v) is 10.7. The predicted octanol–water partition coefficient (Wildman–Crippen LogP) is 2.83. The molecule has 0 saturated carbocycles. The summed E-state index contributed by atoms with van der Waals surface area (Å²) in [5, 5.41) is 6.75. The molecule has 2 aromatic carbocycles. The molecule has 1 aliphatic heterocycles. The van der Waals surface area contributed by atoms with Crippen molar-refractivity contribution < 1.29 is 14.2 Å². The number of benzene rings is 2. The van der Waals surface area contributed by atoms with E-state index in [9.17, 15) is 0 Å². The lowest BCUT2D eigenvalue weighted by molar-refractivity contribution is 0.251. The lowest BCUT2D eigenvalue weighted by Crippen LogP contribution is -2.39. The molecule has 168 valence electrons. The van der Waals surface area contributed by atoms with Crippen LogP contribution in [0.3, 0.4) is 0 Å². The quantitative estimate of drug-likeness (QED) is 0.365. The van der Waals surface area contributed by atoms with Crippen LogP contribution in [0.4, 0.5) is 0 Å². The van der Waals surface area contributed by atoms with Crippen LogP contribution in [-0.4, -0.2) is 58.9 Å². The molecule has 0 saturated heterocycles. The third-order valence-corrected chi connectivity index (χ3v) is 5.56. The minimum Gasteiger partial charge on any atom is -0.493 e. The van der Waals surface area contributed by atoms with Gasteiger partial charge in [-0.2, -0.15) is 0 Å². The second-order valence-corrected chi connectivity index (χ2v) is 7.53. The highest BCUT2D eigenvalue weighted by molar-refractivity contribution is 5.79. The molecule has 0 aliphatic carbocycles. The van der Waals surface area contributed by atoms with Crippen molar-refractivity contribution in [1.82, 2.24) is 15.5 Å². The Labute approximate surface area is 185 Å². The van der Waals surface area contributed by atoms with E-state index >= 15 is 0 Å². The zero-order chi connectivity index (χ0) is 22.1. The third-order valence-electron chi connectivity index (χ3n) is 5.56. The molecule has 1 heterocycles. The fourth-order valence-corrected chi connectivity index (χ4v) is 3.90. The number of methoxy groups -OCH3 is 3. The van der Waals surface area contributed by atoms with E-state index in [1.807, 2.05) is 12.1 Å². The first-order chi connectivity index (χ1) is 15.2. The van der Waals surface area contributed by atoms with Crippen LogP contribution in [0.15, 0.2) is 41.4 Å². The molecule has 2 aromatic rings. The molecular weight excluding hydrogens is 392 g/mol. The van der Waals surface area contributed by atoms with Crippen LogP contribution < -0.4 is 24.8 Å². The van der Waals surface area contributed by atoms with Crippen molar-refractivity contribution in [3.8, 4) is 17.2 Å². The van der Waals surface area contributed by atoms with E-state index in [-0.39, 0.29) is 0 Å². The fraction of sp³-hybridized carbons (Fsp3) is 0.458. The fourth-order valence-electron chi connectivity index (χ4n) is 3.90. The van der Waals surface area contributed by atoms with Gasteiger partial charge in [-0.25, -0.2) is 0 Å². The van der Waals surface area contributed by atoms with E-state index in [0.29, 0.717) is 23.8 Å². The molecule has 3 rings (SSSR count). The largest absolute Gasteiger partial charge is 0.493 e. The summed E-state index contributed by atoms with van der Waals surface area (Å²) in [5.41, 5.74) is 3.97. The maximum atomic E-state index is 5.43. The molecule has 0 fully saturated rings. The van der Waals surface area contributed by atoms with Crippen molar-refractivity contribution in [2.45, 2.75) is 25.9 Å². The van der Waals surface area contributed by atoms with Crippen molar-refractivity contribution in [1.29, 1.82) is 0 Å². The van der Waals surface area contributed by atoms with E-state index in [1.54, 1.807) is 28.4 Å². The third kappa shape index (κ3) is 6.04.